The van der Waals surface area contributed by atoms with Gasteiger partial charge in [-0.2, -0.15) is 0 Å². The monoisotopic (exact) mass is 383 g/mol. The first kappa shape index (κ1) is 20.1. The van der Waals surface area contributed by atoms with E-state index >= 15 is 0 Å². The number of amides is 1. The Kier molecular flexibility index (Phi) is 6.49. The molecule has 0 aromatic carbocycles. The number of nitrogens with one attached hydrogen (secondary N) is 1. The van der Waals surface area contributed by atoms with Crippen molar-refractivity contribution in [2.75, 3.05) is 7.11 Å². The zero-order chi connectivity index (χ0) is 20.1. The van der Waals surface area contributed by atoms with Crippen LogP contribution in [0.4, 0.5) is 0 Å². The normalized spacial score (nSPS) is 20.4. The minimum atomic E-state index is -0.0873. The van der Waals surface area contributed by atoms with Crippen LogP contribution >= 0.6 is 0 Å². The van der Waals surface area contributed by atoms with Crippen molar-refractivity contribution in [1.82, 2.24) is 14.9 Å². The molecule has 0 aliphatic heterocycles. The Labute approximate surface area is 165 Å². The van der Waals surface area contributed by atoms with Crippen LogP contribution < -0.4 is 15.6 Å². The molecule has 150 valence electrons. The van der Waals surface area contributed by atoms with E-state index in [1.807, 2.05) is 6.20 Å². The van der Waals surface area contributed by atoms with Gasteiger partial charge >= 0.3 is 0 Å². The van der Waals surface area contributed by atoms with Crippen molar-refractivity contribution >= 4 is 5.91 Å². The molecule has 0 radical (unpaired) electrons. The SMILES string of the molecule is CC[C@@H](NC(=O)c1ccc(OC)nc1)C1CCC(c2ccn(C)c(=O)c2)CC1. The number of carbonyl (C=O) groups is 1. The molecule has 6 heteroatoms. The number of nitrogens with zero attached hydrogens (tertiary/aromatic N) is 2. The maximum Gasteiger partial charge on any atom is 0.253 e. The maximum atomic E-state index is 12.6. The van der Waals surface area contributed by atoms with Crippen molar-refractivity contribution in [3.63, 3.8) is 0 Å². The molecule has 6 nitrogen and oxygen atoms in total. The van der Waals surface area contributed by atoms with Crippen molar-refractivity contribution < 1.29 is 9.53 Å². The van der Waals surface area contributed by atoms with Crippen LogP contribution in [0.5, 0.6) is 5.88 Å². The molecule has 3 rings (SSSR count). The van der Waals surface area contributed by atoms with Gasteiger partial charge in [-0.15, -0.1) is 0 Å². The summed E-state index contributed by atoms with van der Waals surface area (Å²) in [6.45, 7) is 2.12. The fourth-order valence-electron chi connectivity index (χ4n) is 4.11. The van der Waals surface area contributed by atoms with Gasteiger partial charge in [-0.3, -0.25) is 9.59 Å². The number of hydrogen-bond donors (Lipinski definition) is 1. The Hall–Kier alpha value is -2.63. The lowest BCUT2D eigenvalue weighted by Crippen LogP contribution is -2.41. The fourth-order valence-corrected chi connectivity index (χ4v) is 4.11. The maximum absolute atomic E-state index is 12.6. The first-order valence-electron chi connectivity index (χ1n) is 9.99. The lowest BCUT2D eigenvalue weighted by Gasteiger charge is -2.34. The topological polar surface area (TPSA) is 73.2 Å². The molecule has 1 aliphatic rings. The largest absolute Gasteiger partial charge is 0.481 e. The van der Waals surface area contributed by atoms with Crippen molar-refractivity contribution in [1.29, 1.82) is 0 Å². The Morgan fingerprint density at radius 3 is 2.61 bits per heavy atom. The van der Waals surface area contributed by atoms with Gasteiger partial charge in [0.15, 0.2) is 0 Å². The van der Waals surface area contributed by atoms with Gasteiger partial charge in [0, 0.05) is 37.6 Å². The molecule has 2 aromatic heterocycles. The molecular weight excluding hydrogens is 354 g/mol. The summed E-state index contributed by atoms with van der Waals surface area (Å²) in [6.07, 6.45) is 8.51. The molecule has 0 spiro atoms. The first-order valence-corrected chi connectivity index (χ1v) is 9.99. The molecule has 1 amide bonds. The number of ether oxygens (including phenoxy) is 1. The zero-order valence-corrected chi connectivity index (χ0v) is 16.9. The molecule has 1 N–H and O–H groups in total. The lowest BCUT2D eigenvalue weighted by atomic mass is 9.75. The molecule has 2 aromatic rings. The summed E-state index contributed by atoms with van der Waals surface area (Å²) in [4.78, 5) is 28.6. The van der Waals surface area contributed by atoms with E-state index in [-0.39, 0.29) is 17.5 Å². The Morgan fingerprint density at radius 1 is 1.29 bits per heavy atom. The number of methoxy groups -OCH3 is 1. The standard InChI is InChI=1S/C22H29N3O3/c1-4-19(24-22(27)18-9-10-20(28-3)23-14-18)16-7-5-15(6-8-16)17-11-12-25(2)21(26)13-17/h9-16,19H,4-8H2,1-3H3,(H,24,27)/t15?,16?,19-/m1/s1. The van der Waals surface area contributed by atoms with Gasteiger partial charge in [0.05, 0.1) is 12.7 Å². The second kappa shape index (κ2) is 9.04. The van der Waals surface area contributed by atoms with E-state index < -0.39 is 0 Å². The van der Waals surface area contributed by atoms with Crippen LogP contribution in [0.1, 0.15) is 60.9 Å². The van der Waals surface area contributed by atoms with Crippen molar-refractivity contribution in [2.24, 2.45) is 13.0 Å². The van der Waals surface area contributed by atoms with E-state index in [1.54, 1.807) is 43.1 Å². The highest BCUT2D eigenvalue weighted by Gasteiger charge is 2.28. The van der Waals surface area contributed by atoms with Crippen LogP contribution in [-0.2, 0) is 7.05 Å². The molecule has 1 saturated carbocycles. The smallest absolute Gasteiger partial charge is 0.253 e. The Bertz CT molecular complexity index is 852. The summed E-state index contributed by atoms with van der Waals surface area (Å²) in [5.74, 6) is 1.31. The van der Waals surface area contributed by atoms with Crippen LogP contribution in [0.25, 0.3) is 0 Å². The average molecular weight is 383 g/mol. The van der Waals surface area contributed by atoms with E-state index in [9.17, 15) is 9.59 Å². The van der Waals surface area contributed by atoms with Gasteiger partial charge in [0.2, 0.25) is 5.88 Å². The number of aryl methyl sites for hydroxylation is 1. The van der Waals surface area contributed by atoms with E-state index in [4.69, 9.17) is 4.74 Å². The van der Waals surface area contributed by atoms with Gasteiger partial charge in [-0.1, -0.05) is 6.92 Å². The van der Waals surface area contributed by atoms with Crippen molar-refractivity contribution in [3.8, 4) is 5.88 Å². The fraction of sp³-hybridized carbons (Fsp3) is 0.500. The molecule has 0 bridgehead atoms. The minimum Gasteiger partial charge on any atom is -0.481 e. The predicted octanol–water partition coefficient (Wildman–Crippen LogP) is 3.27. The second-order valence-corrected chi connectivity index (χ2v) is 7.60. The number of hydrogen-bond acceptors (Lipinski definition) is 4. The molecule has 1 atom stereocenters. The van der Waals surface area contributed by atoms with E-state index in [2.05, 4.69) is 23.3 Å². The van der Waals surface area contributed by atoms with Gasteiger partial charge in [0.1, 0.15) is 0 Å². The van der Waals surface area contributed by atoms with Gasteiger partial charge in [-0.05, 0) is 61.6 Å². The summed E-state index contributed by atoms with van der Waals surface area (Å²) in [6, 6.07) is 7.41. The molecular formula is C22H29N3O3. The van der Waals surface area contributed by atoms with Crippen LogP contribution in [0.15, 0.2) is 41.5 Å². The quantitative estimate of drug-likeness (QED) is 0.831. The van der Waals surface area contributed by atoms with E-state index in [0.29, 0.717) is 23.3 Å². The lowest BCUT2D eigenvalue weighted by molar-refractivity contribution is 0.0909. The Balaban J connectivity index is 1.58. The molecule has 1 fully saturated rings. The van der Waals surface area contributed by atoms with Crippen molar-refractivity contribution in [2.45, 2.75) is 51.0 Å². The molecule has 1 aliphatic carbocycles. The highest BCUT2D eigenvalue weighted by Crippen LogP contribution is 2.37. The summed E-state index contributed by atoms with van der Waals surface area (Å²) in [5, 5.41) is 3.19. The highest BCUT2D eigenvalue weighted by molar-refractivity contribution is 5.94. The zero-order valence-electron chi connectivity index (χ0n) is 16.9. The Morgan fingerprint density at radius 2 is 2.04 bits per heavy atom. The third-order valence-electron chi connectivity index (χ3n) is 5.90. The van der Waals surface area contributed by atoms with Gasteiger partial charge in [0.25, 0.3) is 11.5 Å². The molecule has 2 heterocycles. The minimum absolute atomic E-state index is 0.0476. The summed E-state index contributed by atoms with van der Waals surface area (Å²) in [7, 11) is 3.33. The third kappa shape index (κ3) is 4.61. The highest BCUT2D eigenvalue weighted by atomic mass is 16.5. The summed E-state index contributed by atoms with van der Waals surface area (Å²) < 4.78 is 6.65. The average Bonchev–Trinajstić information content (AvgIpc) is 2.74. The molecule has 28 heavy (non-hydrogen) atoms. The van der Waals surface area contributed by atoms with E-state index in [1.165, 1.54) is 0 Å². The van der Waals surface area contributed by atoms with Crippen LogP contribution in [0, 0.1) is 5.92 Å². The van der Waals surface area contributed by atoms with Gasteiger partial charge in [-0.25, -0.2) is 4.98 Å². The predicted molar refractivity (Wildman–Crippen MR) is 109 cm³/mol. The number of aromatic nitrogens is 2. The van der Waals surface area contributed by atoms with Crippen LogP contribution in [0.3, 0.4) is 0 Å². The number of rotatable bonds is 6. The van der Waals surface area contributed by atoms with Crippen molar-refractivity contribution in [3.05, 3.63) is 58.1 Å². The summed E-state index contributed by atoms with van der Waals surface area (Å²) >= 11 is 0. The molecule has 0 unspecified atom stereocenters. The van der Waals surface area contributed by atoms with E-state index in [0.717, 1.165) is 37.7 Å². The number of carbonyl (C=O) groups excluding carboxylic acids is 1. The summed E-state index contributed by atoms with van der Waals surface area (Å²) in [5.41, 5.74) is 1.74. The first-order chi connectivity index (χ1) is 13.5. The third-order valence-corrected chi connectivity index (χ3v) is 5.90. The van der Waals surface area contributed by atoms with Gasteiger partial charge < -0.3 is 14.6 Å². The van der Waals surface area contributed by atoms with Crippen LogP contribution in [0.2, 0.25) is 0 Å². The van der Waals surface area contributed by atoms with Crippen LogP contribution in [-0.4, -0.2) is 28.6 Å². The number of pyridine rings is 2. The second-order valence-electron chi connectivity index (χ2n) is 7.60. The molecule has 0 saturated heterocycles.